The van der Waals surface area contributed by atoms with Gasteiger partial charge < -0.3 is 5.32 Å². The summed E-state index contributed by atoms with van der Waals surface area (Å²) in [5.41, 5.74) is 4.55. The van der Waals surface area contributed by atoms with E-state index in [1.54, 1.807) is 30.0 Å². The highest BCUT2D eigenvalue weighted by atomic mass is 16.6. The van der Waals surface area contributed by atoms with Gasteiger partial charge in [0.05, 0.1) is 6.61 Å². The predicted molar refractivity (Wildman–Crippen MR) is 71.0 cm³/mol. The fraction of sp³-hybridized carbons (Fsp3) is 0.385. The standard InChI is InChI=1S/C13H17N3O3/c1-3-19-15-12(17)10-4-5-11(9(2)8-10)16-7-6-14-13(16)18/h4-5,8H,3,6-7H2,1-2H3,(H,14,18)(H,15,17). The molecule has 1 aliphatic rings. The molecule has 1 heterocycles. The van der Waals surface area contributed by atoms with Crippen molar-refractivity contribution in [2.24, 2.45) is 0 Å². The second-order valence-corrected chi connectivity index (χ2v) is 4.25. The lowest BCUT2D eigenvalue weighted by Gasteiger charge is -2.17. The van der Waals surface area contributed by atoms with Crippen molar-refractivity contribution in [2.75, 3.05) is 24.6 Å². The molecule has 19 heavy (non-hydrogen) atoms. The van der Waals surface area contributed by atoms with E-state index in [1.165, 1.54) is 0 Å². The fourth-order valence-corrected chi connectivity index (χ4v) is 2.00. The van der Waals surface area contributed by atoms with E-state index in [0.29, 0.717) is 25.3 Å². The van der Waals surface area contributed by atoms with Crippen molar-refractivity contribution in [2.45, 2.75) is 13.8 Å². The number of nitrogens with zero attached hydrogens (tertiary/aromatic N) is 1. The smallest absolute Gasteiger partial charge is 0.322 e. The molecule has 2 rings (SSSR count). The van der Waals surface area contributed by atoms with Crippen LogP contribution in [0.1, 0.15) is 22.8 Å². The third-order valence-electron chi connectivity index (χ3n) is 2.92. The summed E-state index contributed by atoms with van der Waals surface area (Å²) in [4.78, 5) is 29.9. The highest BCUT2D eigenvalue weighted by Crippen LogP contribution is 2.22. The molecule has 1 aliphatic heterocycles. The van der Waals surface area contributed by atoms with Crippen LogP contribution < -0.4 is 15.7 Å². The van der Waals surface area contributed by atoms with Gasteiger partial charge in [-0.15, -0.1) is 0 Å². The van der Waals surface area contributed by atoms with Gasteiger partial charge in [0.25, 0.3) is 5.91 Å². The molecule has 1 fully saturated rings. The summed E-state index contributed by atoms with van der Waals surface area (Å²) in [7, 11) is 0. The fourth-order valence-electron chi connectivity index (χ4n) is 2.00. The van der Waals surface area contributed by atoms with E-state index in [4.69, 9.17) is 4.84 Å². The molecule has 1 aromatic carbocycles. The van der Waals surface area contributed by atoms with Gasteiger partial charge >= 0.3 is 6.03 Å². The topological polar surface area (TPSA) is 70.7 Å². The quantitative estimate of drug-likeness (QED) is 0.802. The maximum atomic E-state index is 11.7. The van der Waals surface area contributed by atoms with Gasteiger partial charge in [-0.05, 0) is 37.6 Å². The van der Waals surface area contributed by atoms with E-state index in [-0.39, 0.29) is 11.9 Å². The van der Waals surface area contributed by atoms with Crippen LogP contribution in [-0.2, 0) is 4.84 Å². The van der Waals surface area contributed by atoms with Crippen LogP contribution in [0.4, 0.5) is 10.5 Å². The van der Waals surface area contributed by atoms with Crippen LogP contribution in [0.2, 0.25) is 0 Å². The average Bonchev–Trinajstić information content (AvgIpc) is 2.82. The molecule has 3 amide bonds. The van der Waals surface area contributed by atoms with Crippen LogP contribution in [0.5, 0.6) is 0 Å². The van der Waals surface area contributed by atoms with Crippen LogP contribution in [0.3, 0.4) is 0 Å². The van der Waals surface area contributed by atoms with Gasteiger partial charge in [0, 0.05) is 24.3 Å². The van der Waals surface area contributed by atoms with E-state index in [2.05, 4.69) is 10.8 Å². The molecule has 1 aromatic rings. The van der Waals surface area contributed by atoms with Crippen LogP contribution >= 0.6 is 0 Å². The van der Waals surface area contributed by atoms with Crippen molar-refractivity contribution in [3.05, 3.63) is 29.3 Å². The Morgan fingerprint density at radius 1 is 1.53 bits per heavy atom. The van der Waals surface area contributed by atoms with Crippen molar-refractivity contribution < 1.29 is 14.4 Å². The summed E-state index contributed by atoms with van der Waals surface area (Å²) in [5, 5.41) is 2.75. The SMILES string of the molecule is CCONC(=O)c1ccc(N2CCNC2=O)c(C)c1. The number of hydrogen-bond donors (Lipinski definition) is 2. The monoisotopic (exact) mass is 263 g/mol. The normalized spacial score (nSPS) is 14.4. The first kappa shape index (κ1) is 13.4. The molecule has 0 unspecified atom stereocenters. The molecule has 0 atom stereocenters. The Bertz CT molecular complexity index is 502. The highest BCUT2D eigenvalue weighted by molar-refractivity contribution is 5.97. The van der Waals surface area contributed by atoms with E-state index < -0.39 is 0 Å². The second-order valence-electron chi connectivity index (χ2n) is 4.25. The third-order valence-corrected chi connectivity index (χ3v) is 2.92. The van der Waals surface area contributed by atoms with Crippen molar-refractivity contribution in [1.82, 2.24) is 10.8 Å². The van der Waals surface area contributed by atoms with Gasteiger partial charge in [-0.25, -0.2) is 10.3 Å². The van der Waals surface area contributed by atoms with Gasteiger partial charge in [0.1, 0.15) is 0 Å². The molecule has 6 nitrogen and oxygen atoms in total. The summed E-state index contributed by atoms with van der Waals surface area (Å²) < 4.78 is 0. The molecule has 0 aromatic heterocycles. The Morgan fingerprint density at radius 3 is 2.89 bits per heavy atom. The summed E-state index contributed by atoms with van der Waals surface area (Å²) in [5.74, 6) is -0.289. The van der Waals surface area contributed by atoms with Crippen molar-refractivity contribution >= 4 is 17.6 Å². The minimum Gasteiger partial charge on any atom is -0.336 e. The number of amides is 3. The predicted octanol–water partition coefficient (Wildman–Crippen LogP) is 1.21. The number of carbonyl (C=O) groups is 2. The van der Waals surface area contributed by atoms with Gasteiger partial charge in [0.15, 0.2) is 0 Å². The number of rotatable bonds is 4. The third kappa shape index (κ3) is 2.85. The molecular formula is C13H17N3O3. The van der Waals surface area contributed by atoms with Crippen LogP contribution in [0, 0.1) is 6.92 Å². The van der Waals surface area contributed by atoms with E-state index in [0.717, 1.165) is 11.3 Å². The average molecular weight is 263 g/mol. The maximum absolute atomic E-state index is 11.7. The molecule has 1 saturated heterocycles. The zero-order chi connectivity index (χ0) is 13.8. The second kappa shape index (κ2) is 5.71. The zero-order valence-electron chi connectivity index (χ0n) is 11.0. The van der Waals surface area contributed by atoms with Gasteiger partial charge in [-0.3, -0.25) is 14.5 Å². The Hall–Kier alpha value is -2.08. The summed E-state index contributed by atoms with van der Waals surface area (Å²) in [6, 6.07) is 5.10. The van der Waals surface area contributed by atoms with Crippen molar-refractivity contribution in [1.29, 1.82) is 0 Å². The molecule has 0 spiro atoms. The molecular weight excluding hydrogens is 246 g/mol. The van der Waals surface area contributed by atoms with Gasteiger partial charge in [0.2, 0.25) is 0 Å². The lowest BCUT2D eigenvalue weighted by molar-refractivity contribution is 0.0364. The maximum Gasteiger partial charge on any atom is 0.322 e. The number of hydrogen-bond acceptors (Lipinski definition) is 3. The first-order valence-corrected chi connectivity index (χ1v) is 6.21. The van der Waals surface area contributed by atoms with E-state index >= 15 is 0 Å². The van der Waals surface area contributed by atoms with E-state index in [1.807, 2.05) is 6.92 Å². The lowest BCUT2D eigenvalue weighted by atomic mass is 10.1. The molecule has 0 bridgehead atoms. The van der Waals surface area contributed by atoms with Crippen LogP contribution in [-0.4, -0.2) is 31.6 Å². The van der Waals surface area contributed by atoms with Crippen LogP contribution in [0.25, 0.3) is 0 Å². The Kier molecular flexibility index (Phi) is 4.01. The minimum atomic E-state index is -0.289. The Morgan fingerprint density at radius 2 is 2.32 bits per heavy atom. The Labute approximate surface area is 111 Å². The number of urea groups is 1. The van der Waals surface area contributed by atoms with Gasteiger partial charge in [-0.1, -0.05) is 0 Å². The molecule has 2 N–H and O–H groups in total. The molecule has 0 aliphatic carbocycles. The molecule has 0 saturated carbocycles. The summed E-state index contributed by atoms with van der Waals surface area (Å²) in [6.45, 7) is 5.37. The van der Waals surface area contributed by atoms with Gasteiger partial charge in [-0.2, -0.15) is 0 Å². The summed E-state index contributed by atoms with van der Waals surface area (Å²) in [6.07, 6.45) is 0. The lowest BCUT2D eigenvalue weighted by Crippen LogP contribution is -2.28. The number of hydroxylamine groups is 1. The highest BCUT2D eigenvalue weighted by Gasteiger charge is 2.22. The number of carbonyl (C=O) groups excluding carboxylic acids is 2. The first-order valence-electron chi connectivity index (χ1n) is 6.21. The Balaban J connectivity index is 2.17. The number of aryl methyl sites for hydroxylation is 1. The zero-order valence-corrected chi connectivity index (χ0v) is 11.0. The van der Waals surface area contributed by atoms with E-state index in [9.17, 15) is 9.59 Å². The number of nitrogens with one attached hydrogen (secondary N) is 2. The minimum absolute atomic E-state index is 0.102. The largest absolute Gasteiger partial charge is 0.336 e. The number of anilines is 1. The molecule has 6 heteroatoms. The van der Waals surface area contributed by atoms with Crippen LogP contribution in [0.15, 0.2) is 18.2 Å². The molecule has 0 radical (unpaired) electrons. The van der Waals surface area contributed by atoms with Crippen molar-refractivity contribution in [3.8, 4) is 0 Å². The first-order chi connectivity index (χ1) is 9.13. The number of benzene rings is 1. The summed E-state index contributed by atoms with van der Waals surface area (Å²) >= 11 is 0. The molecule has 102 valence electrons. The van der Waals surface area contributed by atoms with Crippen molar-refractivity contribution in [3.63, 3.8) is 0 Å².